The number of imidazole rings is 1. The Hall–Kier alpha value is -1.43. The normalized spacial score (nSPS) is 14.7. The van der Waals surface area contributed by atoms with Crippen LogP contribution >= 0.6 is 0 Å². The van der Waals surface area contributed by atoms with Crippen LogP contribution in [0.25, 0.3) is 11.0 Å². The highest BCUT2D eigenvalue weighted by Crippen LogP contribution is 2.20. The average Bonchev–Trinajstić information content (AvgIpc) is 2.74. The average molecular weight is 277 g/mol. The molecule has 2 rings (SSSR count). The van der Waals surface area contributed by atoms with Crippen LogP contribution < -0.4 is 5.32 Å². The Morgan fingerprint density at radius 1 is 1.40 bits per heavy atom. The standard InChI is InChI=1S/C15H23N3O2/c1-4-12(9-19)16-8-15(20)11-5-6-14-13(7-11)17-10(2)18(14)3/h5-7,12,15-16,19-20H,4,8-9H2,1-3H3. The second-order valence-electron chi connectivity index (χ2n) is 5.18. The van der Waals surface area contributed by atoms with Gasteiger partial charge in [-0.15, -0.1) is 0 Å². The van der Waals surface area contributed by atoms with E-state index >= 15 is 0 Å². The van der Waals surface area contributed by atoms with Crippen LogP contribution in [0.1, 0.15) is 30.8 Å². The molecule has 0 amide bonds. The molecule has 5 nitrogen and oxygen atoms in total. The zero-order valence-electron chi connectivity index (χ0n) is 12.3. The largest absolute Gasteiger partial charge is 0.395 e. The van der Waals surface area contributed by atoms with Gasteiger partial charge in [-0.05, 0) is 31.0 Å². The highest BCUT2D eigenvalue weighted by molar-refractivity contribution is 5.76. The smallest absolute Gasteiger partial charge is 0.106 e. The number of aliphatic hydroxyl groups is 2. The van der Waals surface area contributed by atoms with E-state index in [9.17, 15) is 5.11 Å². The van der Waals surface area contributed by atoms with Crippen LogP contribution in [0.3, 0.4) is 0 Å². The third kappa shape index (κ3) is 3.00. The second kappa shape index (κ2) is 6.35. The lowest BCUT2D eigenvalue weighted by Crippen LogP contribution is -2.34. The van der Waals surface area contributed by atoms with Gasteiger partial charge in [0.1, 0.15) is 5.82 Å². The first-order valence-electron chi connectivity index (χ1n) is 7.02. The van der Waals surface area contributed by atoms with E-state index in [0.717, 1.165) is 28.8 Å². The zero-order chi connectivity index (χ0) is 14.7. The fourth-order valence-corrected chi connectivity index (χ4v) is 2.28. The van der Waals surface area contributed by atoms with Crippen molar-refractivity contribution in [3.05, 3.63) is 29.6 Å². The number of nitrogens with one attached hydrogen (secondary N) is 1. The molecule has 0 aliphatic heterocycles. The molecule has 0 saturated carbocycles. The van der Waals surface area contributed by atoms with Gasteiger partial charge >= 0.3 is 0 Å². The SMILES string of the molecule is CCC(CO)NCC(O)c1ccc2c(c1)nc(C)n2C. The van der Waals surface area contributed by atoms with Crippen molar-refractivity contribution >= 4 is 11.0 Å². The molecule has 0 fully saturated rings. The van der Waals surface area contributed by atoms with Gasteiger partial charge in [0.25, 0.3) is 0 Å². The highest BCUT2D eigenvalue weighted by Gasteiger charge is 2.12. The Bertz CT molecular complexity index is 576. The van der Waals surface area contributed by atoms with Crippen LogP contribution in [0.15, 0.2) is 18.2 Å². The van der Waals surface area contributed by atoms with Gasteiger partial charge in [0, 0.05) is 19.6 Å². The zero-order valence-corrected chi connectivity index (χ0v) is 12.3. The van der Waals surface area contributed by atoms with Gasteiger partial charge < -0.3 is 20.1 Å². The lowest BCUT2D eigenvalue weighted by molar-refractivity contribution is 0.158. The highest BCUT2D eigenvalue weighted by atomic mass is 16.3. The Kier molecular flexibility index (Phi) is 4.75. The topological polar surface area (TPSA) is 70.3 Å². The van der Waals surface area contributed by atoms with Crippen molar-refractivity contribution < 1.29 is 10.2 Å². The van der Waals surface area contributed by atoms with Gasteiger partial charge in [0.05, 0.1) is 23.7 Å². The van der Waals surface area contributed by atoms with E-state index in [-0.39, 0.29) is 12.6 Å². The molecule has 0 saturated heterocycles. The summed E-state index contributed by atoms with van der Waals surface area (Å²) in [6, 6.07) is 5.87. The molecule has 0 aliphatic carbocycles. The summed E-state index contributed by atoms with van der Waals surface area (Å²) in [5, 5.41) is 22.5. The molecule has 2 unspecified atom stereocenters. The molecular weight excluding hydrogens is 254 g/mol. The molecule has 3 N–H and O–H groups in total. The van der Waals surface area contributed by atoms with Crippen LogP contribution in [0, 0.1) is 6.92 Å². The van der Waals surface area contributed by atoms with Crippen molar-refractivity contribution in [1.29, 1.82) is 0 Å². The van der Waals surface area contributed by atoms with Gasteiger partial charge in [-0.2, -0.15) is 0 Å². The van der Waals surface area contributed by atoms with Crippen LogP contribution in [0.2, 0.25) is 0 Å². The summed E-state index contributed by atoms with van der Waals surface area (Å²) in [4.78, 5) is 4.47. The molecule has 1 aromatic heterocycles. The monoisotopic (exact) mass is 277 g/mol. The van der Waals surface area contributed by atoms with E-state index in [0.29, 0.717) is 6.54 Å². The quantitative estimate of drug-likeness (QED) is 0.744. The Balaban J connectivity index is 2.12. The van der Waals surface area contributed by atoms with Crippen molar-refractivity contribution in [1.82, 2.24) is 14.9 Å². The summed E-state index contributed by atoms with van der Waals surface area (Å²) < 4.78 is 2.03. The number of nitrogens with zero attached hydrogens (tertiary/aromatic N) is 2. The maximum atomic E-state index is 10.2. The predicted octanol–water partition coefficient (Wildman–Crippen LogP) is 1.28. The van der Waals surface area contributed by atoms with Crippen molar-refractivity contribution in [3.63, 3.8) is 0 Å². The fourth-order valence-electron chi connectivity index (χ4n) is 2.28. The fraction of sp³-hybridized carbons (Fsp3) is 0.533. The van der Waals surface area contributed by atoms with Gasteiger partial charge in [0.15, 0.2) is 0 Å². The van der Waals surface area contributed by atoms with Crippen molar-refractivity contribution in [2.45, 2.75) is 32.4 Å². The first-order chi connectivity index (χ1) is 9.56. The van der Waals surface area contributed by atoms with E-state index in [1.807, 2.05) is 43.7 Å². The van der Waals surface area contributed by atoms with E-state index in [2.05, 4.69) is 10.3 Å². The summed E-state index contributed by atoms with van der Waals surface area (Å²) in [6.07, 6.45) is 0.240. The van der Waals surface area contributed by atoms with Crippen LogP contribution in [-0.2, 0) is 7.05 Å². The Labute approximate surface area is 119 Å². The summed E-state index contributed by atoms with van der Waals surface area (Å²) in [7, 11) is 1.98. The van der Waals surface area contributed by atoms with E-state index in [1.54, 1.807) is 0 Å². The van der Waals surface area contributed by atoms with Gasteiger partial charge in [-0.1, -0.05) is 13.0 Å². The van der Waals surface area contributed by atoms with E-state index in [4.69, 9.17) is 5.11 Å². The minimum absolute atomic E-state index is 0.0328. The first kappa shape index (κ1) is 15.0. The number of aliphatic hydroxyl groups excluding tert-OH is 2. The number of hydrogen-bond donors (Lipinski definition) is 3. The molecule has 0 spiro atoms. The molecule has 0 bridgehead atoms. The summed E-state index contributed by atoms with van der Waals surface area (Å²) in [6.45, 7) is 4.48. The van der Waals surface area contributed by atoms with Crippen molar-refractivity contribution in [2.75, 3.05) is 13.2 Å². The summed E-state index contributed by atoms with van der Waals surface area (Å²) >= 11 is 0. The van der Waals surface area contributed by atoms with Crippen molar-refractivity contribution in [2.24, 2.45) is 7.05 Å². The third-order valence-corrected chi connectivity index (χ3v) is 3.83. The second-order valence-corrected chi connectivity index (χ2v) is 5.18. The molecule has 20 heavy (non-hydrogen) atoms. The lowest BCUT2D eigenvalue weighted by atomic mass is 10.1. The number of aryl methyl sites for hydroxylation is 2. The number of aromatic nitrogens is 2. The minimum Gasteiger partial charge on any atom is -0.395 e. The third-order valence-electron chi connectivity index (χ3n) is 3.83. The molecule has 0 radical (unpaired) electrons. The van der Waals surface area contributed by atoms with Gasteiger partial charge in [-0.3, -0.25) is 0 Å². The predicted molar refractivity (Wildman–Crippen MR) is 79.6 cm³/mol. The molecule has 110 valence electrons. The first-order valence-corrected chi connectivity index (χ1v) is 7.02. The molecule has 2 aromatic rings. The van der Waals surface area contributed by atoms with Crippen LogP contribution in [0.5, 0.6) is 0 Å². The molecule has 0 aliphatic rings. The Morgan fingerprint density at radius 3 is 2.80 bits per heavy atom. The van der Waals surface area contributed by atoms with E-state index in [1.165, 1.54) is 0 Å². The molecular formula is C15H23N3O2. The number of rotatable bonds is 6. The lowest BCUT2D eigenvalue weighted by Gasteiger charge is -2.17. The molecule has 2 atom stereocenters. The number of fused-ring (bicyclic) bond motifs is 1. The molecule has 1 aromatic carbocycles. The number of benzene rings is 1. The van der Waals surface area contributed by atoms with Gasteiger partial charge in [0.2, 0.25) is 0 Å². The minimum atomic E-state index is -0.595. The summed E-state index contributed by atoms with van der Waals surface area (Å²) in [5.41, 5.74) is 2.81. The number of hydrogen-bond acceptors (Lipinski definition) is 4. The van der Waals surface area contributed by atoms with Crippen LogP contribution in [-0.4, -0.2) is 39.0 Å². The maximum absolute atomic E-state index is 10.2. The Morgan fingerprint density at radius 2 is 2.15 bits per heavy atom. The molecule has 5 heteroatoms. The van der Waals surface area contributed by atoms with Gasteiger partial charge in [-0.25, -0.2) is 4.98 Å². The molecule has 1 heterocycles. The van der Waals surface area contributed by atoms with E-state index < -0.39 is 6.10 Å². The van der Waals surface area contributed by atoms with Crippen LogP contribution in [0.4, 0.5) is 0 Å². The maximum Gasteiger partial charge on any atom is 0.106 e. The summed E-state index contributed by atoms with van der Waals surface area (Å²) in [5.74, 6) is 0.955. The van der Waals surface area contributed by atoms with Crippen molar-refractivity contribution in [3.8, 4) is 0 Å².